The number of hydrogen-bond acceptors (Lipinski definition) is 2. The molecule has 0 aliphatic heterocycles. The first kappa shape index (κ1) is 15.4. The summed E-state index contributed by atoms with van der Waals surface area (Å²) in [5, 5.41) is 3.37. The SMILES string of the molecule is CNCC1(c2ccc(OCC(C)C)cc2)CC(C)(C)C1. The lowest BCUT2D eigenvalue weighted by Crippen LogP contribution is -2.51. The van der Waals surface area contributed by atoms with Crippen LogP contribution in [0.5, 0.6) is 5.75 Å². The lowest BCUT2D eigenvalue weighted by atomic mass is 9.52. The average molecular weight is 275 g/mol. The van der Waals surface area contributed by atoms with Gasteiger partial charge in [0.05, 0.1) is 6.61 Å². The number of rotatable bonds is 6. The second kappa shape index (κ2) is 5.77. The lowest BCUT2D eigenvalue weighted by molar-refractivity contribution is 0.0578. The summed E-state index contributed by atoms with van der Waals surface area (Å²) >= 11 is 0. The first-order valence-corrected chi connectivity index (χ1v) is 7.75. The number of benzene rings is 1. The average Bonchev–Trinajstić information content (AvgIpc) is 2.34. The fraction of sp³-hybridized carbons (Fsp3) is 0.667. The molecule has 0 heterocycles. The lowest BCUT2D eigenvalue weighted by Gasteiger charge is -2.54. The Morgan fingerprint density at radius 3 is 2.20 bits per heavy atom. The maximum absolute atomic E-state index is 5.77. The van der Waals surface area contributed by atoms with Crippen molar-refractivity contribution in [2.24, 2.45) is 11.3 Å². The van der Waals surface area contributed by atoms with Gasteiger partial charge in [0.15, 0.2) is 0 Å². The van der Waals surface area contributed by atoms with Crippen LogP contribution in [0.15, 0.2) is 24.3 Å². The monoisotopic (exact) mass is 275 g/mol. The van der Waals surface area contributed by atoms with Crippen LogP contribution >= 0.6 is 0 Å². The number of nitrogens with one attached hydrogen (secondary N) is 1. The van der Waals surface area contributed by atoms with Crippen molar-refractivity contribution in [1.82, 2.24) is 5.32 Å². The van der Waals surface area contributed by atoms with E-state index in [1.807, 2.05) is 7.05 Å². The maximum atomic E-state index is 5.77. The van der Waals surface area contributed by atoms with Crippen LogP contribution in [0.4, 0.5) is 0 Å². The molecule has 1 fully saturated rings. The van der Waals surface area contributed by atoms with Crippen LogP contribution in [0.3, 0.4) is 0 Å². The standard InChI is InChI=1S/C18H29NO/c1-14(2)10-20-16-8-6-15(7-9-16)18(13-19-5)11-17(3,4)12-18/h6-9,14,19H,10-13H2,1-5H3. The van der Waals surface area contributed by atoms with Gasteiger partial charge in [-0.15, -0.1) is 0 Å². The summed E-state index contributed by atoms with van der Waals surface area (Å²) in [7, 11) is 2.05. The molecule has 1 aromatic rings. The summed E-state index contributed by atoms with van der Waals surface area (Å²) in [6.07, 6.45) is 2.51. The normalized spacial score (nSPS) is 19.7. The fourth-order valence-corrected chi connectivity index (χ4v) is 3.72. The minimum absolute atomic E-state index is 0.314. The van der Waals surface area contributed by atoms with Gasteiger partial charge in [-0.05, 0) is 48.9 Å². The number of hydrogen-bond donors (Lipinski definition) is 1. The third-order valence-electron chi connectivity index (χ3n) is 4.20. The van der Waals surface area contributed by atoms with Gasteiger partial charge >= 0.3 is 0 Å². The topological polar surface area (TPSA) is 21.3 Å². The summed E-state index contributed by atoms with van der Waals surface area (Å²) in [6, 6.07) is 8.76. The van der Waals surface area contributed by atoms with Gasteiger partial charge in [-0.2, -0.15) is 0 Å². The zero-order valence-corrected chi connectivity index (χ0v) is 13.6. The second-order valence-electron chi connectivity index (χ2n) is 7.56. The van der Waals surface area contributed by atoms with E-state index in [0.717, 1.165) is 18.9 Å². The van der Waals surface area contributed by atoms with Crippen molar-refractivity contribution < 1.29 is 4.74 Å². The highest BCUT2D eigenvalue weighted by Crippen LogP contribution is 2.55. The van der Waals surface area contributed by atoms with Crippen molar-refractivity contribution in [3.63, 3.8) is 0 Å². The molecule has 0 unspecified atom stereocenters. The van der Waals surface area contributed by atoms with Gasteiger partial charge in [0.1, 0.15) is 5.75 Å². The van der Waals surface area contributed by atoms with Crippen LogP contribution in [0.1, 0.15) is 46.1 Å². The van der Waals surface area contributed by atoms with Crippen LogP contribution in [0.2, 0.25) is 0 Å². The molecule has 1 aliphatic rings. The molecule has 2 nitrogen and oxygen atoms in total. The van der Waals surface area contributed by atoms with E-state index >= 15 is 0 Å². The van der Waals surface area contributed by atoms with E-state index in [0.29, 0.717) is 16.7 Å². The van der Waals surface area contributed by atoms with E-state index in [9.17, 15) is 0 Å². The van der Waals surface area contributed by atoms with Crippen molar-refractivity contribution in [3.05, 3.63) is 29.8 Å². The maximum Gasteiger partial charge on any atom is 0.119 e. The number of likely N-dealkylation sites (N-methyl/N-ethyl adjacent to an activating group) is 1. The van der Waals surface area contributed by atoms with E-state index in [-0.39, 0.29) is 0 Å². The quantitative estimate of drug-likeness (QED) is 0.847. The Labute approximate surface area is 123 Å². The molecule has 0 radical (unpaired) electrons. The Morgan fingerprint density at radius 1 is 1.15 bits per heavy atom. The molecule has 0 saturated heterocycles. The highest BCUT2D eigenvalue weighted by Gasteiger charge is 2.49. The third-order valence-corrected chi connectivity index (χ3v) is 4.20. The van der Waals surface area contributed by atoms with E-state index in [1.165, 1.54) is 18.4 Å². The summed E-state index contributed by atoms with van der Waals surface area (Å²) in [6.45, 7) is 10.9. The molecular formula is C18H29NO. The highest BCUT2D eigenvalue weighted by molar-refractivity contribution is 5.35. The molecule has 0 bridgehead atoms. The van der Waals surface area contributed by atoms with Gasteiger partial charge in [0, 0.05) is 12.0 Å². The molecule has 2 rings (SSSR count). The minimum Gasteiger partial charge on any atom is -0.493 e. The molecule has 112 valence electrons. The minimum atomic E-state index is 0.314. The molecule has 1 aliphatic carbocycles. The Balaban J connectivity index is 2.08. The highest BCUT2D eigenvalue weighted by atomic mass is 16.5. The zero-order valence-electron chi connectivity index (χ0n) is 13.6. The first-order valence-electron chi connectivity index (χ1n) is 7.75. The van der Waals surface area contributed by atoms with Crippen molar-refractivity contribution in [2.45, 2.75) is 46.0 Å². The molecular weight excluding hydrogens is 246 g/mol. The van der Waals surface area contributed by atoms with E-state index in [1.54, 1.807) is 0 Å². The predicted octanol–water partition coefficient (Wildman–Crippen LogP) is 4.00. The largest absolute Gasteiger partial charge is 0.493 e. The summed E-state index contributed by atoms with van der Waals surface area (Å²) in [5.74, 6) is 1.55. The molecule has 20 heavy (non-hydrogen) atoms. The van der Waals surface area contributed by atoms with Crippen LogP contribution < -0.4 is 10.1 Å². The van der Waals surface area contributed by atoms with Crippen molar-refractivity contribution in [3.8, 4) is 5.75 Å². The van der Waals surface area contributed by atoms with Crippen molar-refractivity contribution >= 4 is 0 Å². The molecule has 0 spiro atoms. The predicted molar refractivity (Wildman–Crippen MR) is 85.4 cm³/mol. The zero-order chi connectivity index (χ0) is 14.8. The van der Waals surface area contributed by atoms with Crippen LogP contribution in [-0.2, 0) is 5.41 Å². The molecule has 0 amide bonds. The van der Waals surface area contributed by atoms with E-state index in [4.69, 9.17) is 4.74 Å². The molecule has 1 aromatic carbocycles. The Morgan fingerprint density at radius 2 is 1.75 bits per heavy atom. The Hall–Kier alpha value is -1.02. The third kappa shape index (κ3) is 3.35. The molecule has 1 saturated carbocycles. The van der Waals surface area contributed by atoms with E-state index in [2.05, 4.69) is 57.3 Å². The van der Waals surface area contributed by atoms with Crippen LogP contribution in [0.25, 0.3) is 0 Å². The van der Waals surface area contributed by atoms with Crippen LogP contribution in [-0.4, -0.2) is 20.2 Å². The summed E-state index contributed by atoms with van der Waals surface area (Å²) in [4.78, 5) is 0. The van der Waals surface area contributed by atoms with Gasteiger partial charge < -0.3 is 10.1 Å². The van der Waals surface area contributed by atoms with Crippen molar-refractivity contribution in [1.29, 1.82) is 0 Å². The van der Waals surface area contributed by atoms with E-state index < -0.39 is 0 Å². The second-order valence-corrected chi connectivity index (χ2v) is 7.56. The van der Waals surface area contributed by atoms with Crippen LogP contribution in [0, 0.1) is 11.3 Å². The Kier molecular flexibility index (Phi) is 4.43. The first-order chi connectivity index (χ1) is 9.37. The molecule has 2 heteroatoms. The number of ether oxygens (including phenoxy) is 1. The van der Waals surface area contributed by atoms with Gasteiger partial charge in [-0.3, -0.25) is 0 Å². The fourth-order valence-electron chi connectivity index (χ4n) is 3.72. The van der Waals surface area contributed by atoms with Gasteiger partial charge in [-0.1, -0.05) is 39.8 Å². The Bertz CT molecular complexity index is 425. The molecule has 1 N–H and O–H groups in total. The van der Waals surface area contributed by atoms with Crippen molar-refractivity contribution in [2.75, 3.05) is 20.2 Å². The van der Waals surface area contributed by atoms with Gasteiger partial charge in [0.2, 0.25) is 0 Å². The molecule has 0 atom stereocenters. The summed E-state index contributed by atoms with van der Waals surface area (Å²) in [5.41, 5.74) is 2.24. The summed E-state index contributed by atoms with van der Waals surface area (Å²) < 4.78 is 5.77. The van der Waals surface area contributed by atoms with Gasteiger partial charge in [-0.25, -0.2) is 0 Å². The molecule has 0 aromatic heterocycles. The smallest absolute Gasteiger partial charge is 0.119 e. The van der Waals surface area contributed by atoms with Gasteiger partial charge in [0.25, 0.3) is 0 Å².